The molecule has 14 heteroatoms. The second-order valence-electron chi connectivity index (χ2n) is 8.43. The average molecular weight is 594 g/mol. The van der Waals surface area contributed by atoms with E-state index < -0.39 is 10.8 Å². The maximum atomic E-state index is 12.9. The molecule has 5 aromatic rings. The van der Waals surface area contributed by atoms with Gasteiger partial charge in [-0.05, 0) is 43.3 Å². The number of nitro benzene ring substituents is 1. The van der Waals surface area contributed by atoms with Gasteiger partial charge in [-0.2, -0.15) is 0 Å². The van der Waals surface area contributed by atoms with E-state index in [9.17, 15) is 19.7 Å². The molecular formula is C26H20ClN7O4S2. The summed E-state index contributed by atoms with van der Waals surface area (Å²) >= 11 is 8.78. The average Bonchev–Trinajstić information content (AvgIpc) is 3.53. The molecule has 0 fully saturated rings. The van der Waals surface area contributed by atoms with E-state index in [-0.39, 0.29) is 35.0 Å². The first-order valence-corrected chi connectivity index (χ1v) is 14.0. The number of nitrogens with zero attached hydrogens (tertiary/aromatic N) is 5. The minimum absolute atomic E-state index is 0.0288. The summed E-state index contributed by atoms with van der Waals surface area (Å²) < 4.78 is 2.67. The Morgan fingerprint density at radius 3 is 2.67 bits per heavy atom. The molecule has 202 valence electrons. The number of carbonyl (C=O) groups excluding carboxylic acids is 2. The van der Waals surface area contributed by atoms with Crippen molar-refractivity contribution in [1.29, 1.82) is 0 Å². The predicted octanol–water partition coefficient (Wildman–Crippen LogP) is 5.41. The molecule has 0 aliphatic heterocycles. The van der Waals surface area contributed by atoms with Crippen LogP contribution in [0.3, 0.4) is 0 Å². The van der Waals surface area contributed by atoms with E-state index in [0.717, 1.165) is 22.0 Å². The highest BCUT2D eigenvalue weighted by Gasteiger charge is 2.21. The summed E-state index contributed by atoms with van der Waals surface area (Å²) in [4.78, 5) is 40.8. The number of hydrogen-bond acceptors (Lipinski definition) is 9. The lowest BCUT2D eigenvalue weighted by atomic mass is 10.1. The van der Waals surface area contributed by atoms with Gasteiger partial charge in [-0.3, -0.25) is 24.3 Å². The number of amides is 2. The first-order chi connectivity index (χ1) is 19.3. The molecule has 0 bridgehead atoms. The number of nitrogens with one attached hydrogen (secondary N) is 2. The first-order valence-electron chi connectivity index (χ1n) is 11.8. The third kappa shape index (κ3) is 5.96. The Morgan fingerprint density at radius 2 is 1.90 bits per heavy atom. The highest BCUT2D eigenvalue weighted by Crippen LogP contribution is 2.27. The van der Waals surface area contributed by atoms with E-state index in [1.807, 2.05) is 24.3 Å². The molecule has 40 heavy (non-hydrogen) atoms. The number of halogens is 1. The number of benzene rings is 3. The van der Waals surface area contributed by atoms with Crippen LogP contribution in [0.2, 0.25) is 5.02 Å². The summed E-state index contributed by atoms with van der Waals surface area (Å²) in [6.45, 7) is 1.49. The summed E-state index contributed by atoms with van der Waals surface area (Å²) in [5.41, 5.74) is 1.75. The van der Waals surface area contributed by atoms with Crippen molar-refractivity contribution in [2.75, 3.05) is 11.1 Å². The lowest BCUT2D eigenvalue weighted by molar-refractivity contribution is -0.385. The fourth-order valence-electron chi connectivity index (χ4n) is 3.92. The van der Waals surface area contributed by atoms with Crippen LogP contribution in [-0.4, -0.2) is 42.2 Å². The maximum absolute atomic E-state index is 12.9. The summed E-state index contributed by atoms with van der Waals surface area (Å²) in [5, 5.41) is 26.7. The van der Waals surface area contributed by atoms with E-state index in [1.54, 1.807) is 28.8 Å². The van der Waals surface area contributed by atoms with Crippen LogP contribution in [0, 0.1) is 17.0 Å². The summed E-state index contributed by atoms with van der Waals surface area (Å²) in [7, 11) is 0. The van der Waals surface area contributed by atoms with Gasteiger partial charge in [0, 0.05) is 22.2 Å². The van der Waals surface area contributed by atoms with Gasteiger partial charge < -0.3 is 10.6 Å². The van der Waals surface area contributed by atoms with Crippen molar-refractivity contribution >= 4 is 67.5 Å². The molecule has 11 nitrogen and oxygen atoms in total. The molecule has 0 radical (unpaired) electrons. The van der Waals surface area contributed by atoms with Crippen molar-refractivity contribution in [3.8, 4) is 5.69 Å². The number of thioether (sulfide) groups is 1. The van der Waals surface area contributed by atoms with Crippen LogP contribution in [0.4, 0.5) is 10.8 Å². The summed E-state index contributed by atoms with van der Waals surface area (Å²) in [6.07, 6.45) is 0. The molecule has 2 amide bonds. The molecule has 0 unspecified atom stereocenters. The monoisotopic (exact) mass is 593 g/mol. The number of aromatic nitrogens is 4. The smallest absolute Gasteiger partial charge is 0.273 e. The molecular weight excluding hydrogens is 574 g/mol. The van der Waals surface area contributed by atoms with E-state index in [2.05, 4.69) is 25.8 Å². The molecule has 2 heterocycles. The van der Waals surface area contributed by atoms with Crippen molar-refractivity contribution in [3.05, 3.63) is 98.8 Å². The Kier molecular flexibility index (Phi) is 8.05. The number of fused-ring (bicyclic) bond motifs is 1. The van der Waals surface area contributed by atoms with Crippen LogP contribution in [0.5, 0.6) is 0 Å². The van der Waals surface area contributed by atoms with Gasteiger partial charge >= 0.3 is 0 Å². The van der Waals surface area contributed by atoms with Crippen LogP contribution < -0.4 is 10.6 Å². The Balaban J connectivity index is 1.33. The predicted molar refractivity (Wildman–Crippen MR) is 154 cm³/mol. The van der Waals surface area contributed by atoms with Gasteiger partial charge in [-0.15, -0.1) is 10.2 Å². The number of rotatable bonds is 9. The molecule has 0 atom stereocenters. The molecule has 0 aliphatic carbocycles. The number of nitro groups is 1. The molecule has 0 saturated heterocycles. The van der Waals surface area contributed by atoms with Crippen LogP contribution in [0.15, 0.2) is 71.9 Å². The van der Waals surface area contributed by atoms with Gasteiger partial charge in [0.25, 0.3) is 11.6 Å². The lowest BCUT2D eigenvalue weighted by Gasteiger charge is -2.12. The van der Waals surface area contributed by atoms with E-state index in [1.165, 1.54) is 36.5 Å². The molecule has 2 aromatic heterocycles. The molecule has 0 saturated carbocycles. The summed E-state index contributed by atoms with van der Waals surface area (Å²) in [5.74, 6) is -0.340. The zero-order chi connectivity index (χ0) is 28.2. The fourth-order valence-corrected chi connectivity index (χ4v) is 5.75. The topological polar surface area (TPSA) is 145 Å². The van der Waals surface area contributed by atoms with Crippen molar-refractivity contribution in [2.24, 2.45) is 0 Å². The van der Waals surface area contributed by atoms with Crippen molar-refractivity contribution < 1.29 is 14.5 Å². The summed E-state index contributed by atoms with van der Waals surface area (Å²) in [6, 6.07) is 18.9. The maximum Gasteiger partial charge on any atom is 0.273 e. The van der Waals surface area contributed by atoms with Gasteiger partial charge in [-0.1, -0.05) is 59.0 Å². The second-order valence-corrected chi connectivity index (χ2v) is 10.8. The Labute approximate surface area is 240 Å². The minimum atomic E-state index is -0.529. The Bertz CT molecular complexity index is 1720. The van der Waals surface area contributed by atoms with Crippen LogP contribution >= 0.6 is 34.7 Å². The molecule has 0 aliphatic rings. The van der Waals surface area contributed by atoms with Crippen LogP contribution in [0.1, 0.15) is 21.7 Å². The molecule has 5 rings (SSSR count). The fraction of sp³-hybridized carbons (Fsp3) is 0.115. The van der Waals surface area contributed by atoms with Gasteiger partial charge in [0.2, 0.25) is 5.91 Å². The normalized spacial score (nSPS) is 10.9. The Morgan fingerprint density at radius 1 is 1.10 bits per heavy atom. The van der Waals surface area contributed by atoms with Crippen molar-refractivity contribution in [1.82, 2.24) is 25.1 Å². The quantitative estimate of drug-likeness (QED) is 0.131. The molecule has 2 N–H and O–H groups in total. The van der Waals surface area contributed by atoms with Gasteiger partial charge in [0.05, 0.1) is 33.1 Å². The van der Waals surface area contributed by atoms with Gasteiger partial charge in [-0.25, -0.2) is 4.98 Å². The zero-order valence-corrected chi connectivity index (χ0v) is 23.2. The van der Waals surface area contributed by atoms with E-state index in [0.29, 0.717) is 26.8 Å². The molecule has 3 aromatic carbocycles. The van der Waals surface area contributed by atoms with Crippen LogP contribution in [0.25, 0.3) is 15.9 Å². The first kappa shape index (κ1) is 27.2. The van der Waals surface area contributed by atoms with E-state index in [4.69, 9.17) is 11.6 Å². The SMILES string of the molecule is Cc1c(C(=O)NCc2nnc(SCC(=O)Nc3nc4ccccc4s3)n2-c2cccc(Cl)c2)cccc1[N+](=O)[O-]. The minimum Gasteiger partial charge on any atom is -0.345 e. The standard InChI is InChI=1S/C26H20ClN7O4S2/c1-15-18(8-5-10-20(15)34(37)38)24(36)28-13-22-31-32-26(33(22)17-7-4-6-16(27)12-17)39-14-23(35)30-25-29-19-9-2-3-11-21(19)40-25/h2-12H,13-14H2,1H3,(H,28,36)(H,29,30,35). The van der Waals surface area contributed by atoms with Crippen molar-refractivity contribution in [2.45, 2.75) is 18.6 Å². The Hall–Kier alpha value is -4.33. The third-order valence-corrected chi connectivity index (χ3v) is 7.91. The number of anilines is 1. The molecule has 0 spiro atoms. The van der Waals surface area contributed by atoms with Crippen LogP contribution in [-0.2, 0) is 11.3 Å². The van der Waals surface area contributed by atoms with E-state index >= 15 is 0 Å². The largest absolute Gasteiger partial charge is 0.345 e. The number of hydrogen-bond donors (Lipinski definition) is 2. The second kappa shape index (κ2) is 11.8. The zero-order valence-electron chi connectivity index (χ0n) is 20.8. The third-order valence-electron chi connectivity index (χ3n) is 5.79. The number of para-hydroxylation sites is 1. The van der Waals surface area contributed by atoms with Gasteiger partial charge in [0.1, 0.15) is 0 Å². The highest BCUT2D eigenvalue weighted by atomic mass is 35.5. The highest BCUT2D eigenvalue weighted by molar-refractivity contribution is 7.99. The number of carbonyl (C=O) groups is 2. The van der Waals surface area contributed by atoms with Crippen molar-refractivity contribution in [3.63, 3.8) is 0 Å². The lowest BCUT2D eigenvalue weighted by Crippen LogP contribution is -2.25. The number of thiazole rings is 1. The van der Waals surface area contributed by atoms with Gasteiger partial charge in [0.15, 0.2) is 16.1 Å².